The molecule has 0 unspecified atom stereocenters. The van der Waals surface area contributed by atoms with Gasteiger partial charge in [0.2, 0.25) is 0 Å². The van der Waals surface area contributed by atoms with E-state index >= 15 is 0 Å². The lowest BCUT2D eigenvalue weighted by Gasteiger charge is -2.24. The zero-order valence-corrected chi connectivity index (χ0v) is 12.3. The number of anilines is 1. The summed E-state index contributed by atoms with van der Waals surface area (Å²) in [5, 5.41) is 1.77. The summed E-state index contributed by atoms with van der Waals surface area (Å²) in [6.45, 7) is 1.57. The van der Waals surface area contributed by atoms with Gasteiger partial charge in [0.05, 0.1) is 13.1 Å². The van der Waals surface area contributed by atoms with Crippen LogP contribution in [0.5, 0.6) is 0 Å². The first-order valence-corrected chi connectivity index (χ1v) is 7.63. The van der Waals surface area contributed by atoms with Crippen LogP contribution in [-0.2, 0) is 6.54 Å². The average Bonchev–Trinajstić information content (AvgIpc) is 3.01. The highest BCUT2D eigenvalue weighted by molar-refractivity contribution is 8.14. The first-order valence-electron chi connectivity index (χ1n) is 6.27. The predicted molar refractivity (Wildman–Crippen MR) is 84.4 cm³/mol. The number of aliphatic imine (C=N–C) groups is 1. The lowest BCUT2D eigenvalue weighted by Crippen LogP contribution is -2.27. The summed E-state index contributed by atoms with van der Waals surface area (Å²) in [5.41, 5.74) is 2.13. The highest BCUT2D eigenvalue weighted by atomic mass is 35.5. The van der Waals surface area contributed by atoms with Crippen LogP contribution in [0.15, 0.2) is 48.0 Å². The second kappa shape index (κ2) is 6.24. The third-order valence-electron chi connectivity index (χ3n) is 2.89. The van der Waals surface area contributed by atoms with Crippen molar-refractivity contribution in [2.45, 2.75) is 6.54 Å². The van der Waals surface area contributed by atoms with E-state index in [4.69, 9.17) is 11.6 Å². The summed E-state index contributed by atoms with van der Waals surface area (Å²) in [4.78, 5) is 14.9. The Kier molecular flexibility index (Phi) is 4.18. The summed E-state index contributed by atoms with van der Waals surface area (Å²) < 4.78 is 0. The quantitative estimate of drug-likeness (QED) is 0.873. The summed E-state index contributed by atoms with van der Waals surface area (Å²) in [6.07, 6.45) is 5.20. The lowest BCUT2D eigenvalue weighted by molar-refractivity contribution is 0.970. The van der Waals surface area contributed by atoms with Gasteiger partial charge in [-0.15, -0.1) is 0 Å². The molecule has 1 aliphatic heterocycles. The minimum Gasteiger partial charge on any atom is -0.317 e. The molecule has 0 saturated heterocycles. The molecule has 3 rings (SSSR count). The van der Waals surface area contributed by atoms with E-state index in [0.717, 1.165) is 33.7 Å². The van der Waals surface area contributed by atoms with Gasteiger partial charge >= 0.3 is 0 Å². The van der Waals surface area contributed by atoms with Crippen LogP contribution in [-0.4, -0.2) is 27.4 Å². The highest BCUT2D eigenvalue weighted by Gasteiger charge is 2.18. The Morgan fingerprint density at radius 3 is 2.55 bits per heavy atom. The van der Waals surface area contributed by atoms with Gasteiger partial charge in [-0.3, -0.25) is 4.99 Å². The number of amidine groups is 1. The van der Waals surface area contributed by atoms with E-state index in [9.17, 15) is 0 Å². The average molecular weight is 305 g/mol. The molecule has 0 atom stereocenters. The molecule has 0 saturated carbocycles. The molecule has 0 N–H and O–H groups in total. The maximum Gasteiger partial charge on any atom is 0.164 e. The molecule has 1 aromatic carbocycles. The normalized spacial score (nSPS) is 14.2. The van der Waals surface area contributed by atoms with Crippen molar-refractivity contribution in [1.82, 2.24) is 9.97 Å². The van der Waals surface area contributed by atoms with E-state index in [-0.39, 0.29) is 0 Å². The van der Waals surface area contributed by atoms with Crippen molar-refractivity contribution < 1.29 is 0 Å². The third kappa shape index (κ3) is 3.11. The van der Waals surface area contributed by atoms with Crippen molar-refractivity contribution in [3.63, 3.8) is 0 Å². The third-order valence-corrected chi connectivity index (χ3v) is 4.14. The minimum atomic E-state index is 0.703. The molecule has 0 radical (unpaired) electrons. The number of aromatic nitrogens is 2. The summed E-state index contributed by atoms with van der Waals surface area (Å²) in [6, 6.07) is 7.80. The van der Waals surface area contributed by atoms with Crippen LogP contribution in [0.3, 0.4) is 0 Å². The molecule has 102 valence electrons. The van der Waals surface area contributed by atoms with Crippen molar-refractivity contribution in [1.29, 1.82) is 0 Å². The van der Waals surface area contributed by atoms with Crippen LogP contribution in [0, 0.1) is 0 Å². The molecule has 0 bridgehead atoms. The number of thioether (sulfide) groups is 1. The predicted octanol–water partition coefficient (Wildman–Crippen LogP) is 3.24. The van der Waals surface area contributed by atoms with Crippen LogP contribution in [0.2, 0.25) is 5.02 Å². The zero-order chi connectivity index (χ0) is 13.8. The fourth-order valence-electron chi connectivity index (χ4n) is 1.97. The molecule has 0 amide bonds. The Balaban J connectivity index is 1.89. The number of rotatable bonds is 3. The largest absolute Gasteiger partial charge is 0.317 e. The van der Waals surface area contributed by atoms with Crippen LogP contribution in [0.4, 0.5) is 5.69 Å². The van der Waals surface area contributed by atoms with Gasteiger partial charge in [0.1, 0.15) is 6.33 Å². The van der Waals surface area contributed by atoms with E-state index in [1.54, 1.807) is 11.8 Å². The van der Waals surface area contributed by atoms with Gasteiger partial charge < -0.3 is 4.90 Å². The number of hydrogen-bond donors (Lipinski definition) is 0. The maximum absolute atomic E-state index is 5.96. The molecule has 1 aliphatic rings. The number of halogens is 1. The van der Waals surface area contributed by atoms with E-state index in [0.29, 0.717) is 6.54 Å². The van der Waals surface area contributed by atoms with Gasteiger partial charge in [0, 0.05) is 34.4 Å². The SMILES string of the molecule is Clc1ccc(N(Cc2cncnc2)C2=NCCS2)cc1. The van der Waals surface area contributed by atoms with Gasteiger partial charge in [0.15, 0.2) is 5.17 Å². The smallest absolute Gasteiger partial charge is 0.164 e. The molecular formula is C14H13ClN4S. The van der Waals surface area contributed by atoms with Gasteiger partial charge in [-0.05, 0) is 24.3 Å². The Morgan fingerprint density at radius 2 is 1.90 bits per heavy atom. The van der Waals surface area contributed by atoms with E-state index < -0.39 is 0 Å². The summed E-state index contributed by atoms with van der Waals surface area (Å²) in [7, 11) is 0. The van der Waals surface area contributed by atoms with Gasteiger partial charge in [-0.25, -0.2) is 9.97 Å². The van der Waals surface area contributed by atoms with E-state index in [1.165, 1.54) is 6.33 Å². The monoisotopic (exact) mass is 304 g/mol. The first kappa shape index (κ1) is 13.4. The molecular weight excluding hydrogens is 292 g/mol. The number of nitrogens with zero attached hydrogens (tertiary/aromatic N) is 4. The van der Waals surface area contributed by atoms with Crippen LogP contribution in [0.1, 0.15) is 5.56 Å². The van der Waals surface area contributed by atoms with Crippen LogP contribution >= 0.6 is 23.4 Å². The Labute approximate surface area is 126 Å². The highest BCUT2D eigenvalue weighted by Crippen LogP contribution is 2.26. The zero-order valence-electron chi connectivity index (χ0n) is 10.7. The molecule has 6 heteroatoms. The lowest BCUT2D eigenvalue weighted by atomic mass is 10.2. The standard InChI is InChI=1S/C14H13ClN4S/c15-12-1-3-13(4-2-12)19(14-18-5-6-20-14)9-11-7-16-10-17-8-11/h1-4,7-8,10H,5-6,9H2. The minimum absolute atomic E-state index is 0.703. The topological polar surface area (TPSA) is 41.4 Å². The summed E-state index contributed by atoms with van der Waals surface area (Å²) in [5.74, 6) is 1.03. The van der Waals surface area contributed by atoms with Gasteiger partial charge in [-0.2, -0.15) is 0 Å². The van der Waals surface area contributed by atoms with Gasteiger partial charge in [0.25, 0.3) is 0 Å². The fourth-order valence-corrected chi connectivity index (χ4v) is 2.97. The Bertz CT molecular complexity index is 600. The van der Waals surface area contributed by atoms with E-state index in [2.05, 4.69) is 19.9 Å². The summed E-state index contributed by atoms with van der Waals surface area (Å²) >= 11 is 7.73. The molecule has 0 fully saturated rings. The van der Waals surface area contributed by atoms with Crippen molar-refractivity contribution in [3.05, 3.63) is 53.6 Å². The Hall–Kier alpha value is -1.59. The second-order valence-electron chi connectivity index (χ2n) is 4.32. The van der Waals surface area contributed by atoms with Crippen LogP contribution < -0.4 is 4.90 Å². The van der Waals surface area contributed by atoms with Gasteiger partial charge in [-0.1, -0.05) is 23.4 Å². The molecule has 2 aromatic rings. The van der Waals surface area contributed by atoms with E-state index in [1.807, 2.05) is 36.7 Å². The fraction of sp³-hybridized carbons (Fsp3) is 0.214. The van der Waals surface area contributed by atoms with Crippen LogP contribution in [0.25, 0.3) is 0 Å². The maximum atomic E-state index is 5.96. The second-order valence-corrected chi connectivity index (χ2v) is 5.82. The molecule has 2 heterocycles. The molecule has 0 spiro atoms. The molecule has 1 aromatic heterocycles. The number of benzene rings is 1. The van der Waals surface area contributed by atoms with Crippen molar-refractivity contribution in [2.24, 2.45) is 4.99 Å². The Morgan fingerprint density at radius 1 is 1.15 bits per heavy atom. The number of hydrogen-bond acceptors (Lipinski definition) is 5. The van der Waals surface area contributed by atoms with Crippen molar-refractivity contribution in [2.75, 3.05) is 17.2 Å². The van der Waals surface area contributed by atoms with Crippen molar-refractivity contribution in [3.8, 4) is 0 Å². The van der Waals surface area contributed by atoms with Crippen molar-refractivity contribution >= 4 is 34.2 Å². The molecule has 4 nitrogen and oxygen atoms in total. The first-order chi connectivity index (χ1) is 9.83. The molecule has 0 aliphatic carbocycles. The molecule has 20 heavy (non-hydrogen) atoms.